The Morgan fingerprint density at radius 3 is 2.85 bits per heavy atom. The molecule has 20 heavy (non-hydrogen) atoms. The minimum atomic E-state index is 0.537. The van der Waals surface area contributed by atoms with Gasteiger partial charge < -0.3 is 10.2 Å². The Morgan fingerprint density at radius 1 is 1.20 bits per heavy atom. The summed E-state index contributed by atoms with van der Waals surface area (Å²) < 4.78 is 0. The predicted octanol–water partition coefficient (Wildman–Crippen LogP) is 1.87. The molecule has 0 bridgehead atoms. The number of aromatic amines is 1. The van der Waals surface area contributed by atoms with Crippen LogP contribution in [0.2, 0.25) is 0 Å². The van der Waals surface area contributed by atoms with Gasteiger partial charge >= 0.3 is 0 Å². The number of hydrogen-bond acceptors (Lipinski definition) is 6. The van der Waals surface area contributed by atoms with Gasteiger partial charge in [0.1, 0.15) is 16.9 Å². The number of hydrogen-bond donors (Lipinski definition) is 2. The van der Waals surface area contributed by atoms with Crippen LogP contribution in [0.15, 0.2) is 24.4 Å². The second kappa shape index (κ2) is 4.76. The zero-order valence-corrected chi connectivity index (χ0v) is 11.5. The molecule has 0 aliphatic rings. The number of fused-ring (bicyclic) bond motifs is 1. The zero-order chi connectivity index (χ0) is 14.1. The van der Waals surface area contributed by atoms with E-state index in [-0.39, 0.29) is 0 Å². The highest BCUT2D eigenvalue weighted by Gasteiger charge is 2.09. The number of anilines is 3. The van der Waals surface area contributed by atoms with E-state index in [9.17, 15) is 0 Å². The van der Waals surface area contributed by atoms with Crippen molar-refractivity contribution >= 4 is 28.5 Å². The summed E-state index contributed by atoms with van der Waals surface area (Å²) in [5.41, 5.74) is 3.42. The topological polar surface area (TPSA) is 82.6 Å². The van der Waals surface area contributed by atoms with Crippen LogP contribution in [-0.2, 0) is 0 Å². The molecule has 0 spiro atoms. The molecule has 0 saturated carbocycles. The molecular formula is C13H15N7. The number of rotatable bonds is 3. The molecule has 0 aliphatic heterocycles. The summed E-state index contributed by atoms with van der Waals surface area (Å²) in [7, 11) is 3.91. The summed E-state index contributed by atoms with van der Waals surface area (Å²) in [5.74, 6) is 1.42. The van der Waals surface area contributed by atoms with E-state index in [0.717, 1.165) is 28.1 Å². The highest BCUT2D eigenvalue weighted by atomic mass is 15.3. The number of nitrogens with one attached hydrogen (secondary N) is 2. The number of H-pyrrole nitrogens is 1. The van der Waals surface area contributed by atoms with Crippen molar-refractivity contribution in [2.45, 2.75) is 6.92 Å². The highest BCUT2D eigenvalue weighted by molar-refractivity contribution is 5.88. The van der Waals surface area contributed by atoms with Gasteiger partial charge in [-0.25, -0.2) is 4.98 Å². The number of benzene rings is 1. The van der Waals surface area contributed by atoms with Crippen LogP contribution in [-0.4, -0.2) is 39.5 Å². The maximum absolute atomic E-state index is 4.50. The molecule has 0 saturated heterocycles. The molecule has 7 heteroatoms. The van der Waals surface area contributed by atoms with E-state index in [4.69, 9.17) is 0 Å². The first-order valence-electron chi connectivity index (χ1n) is 6.22. The van der Waals surface area contributed by atoms with Gasteiger partial charge in [0.15, 0.2) is 0 Å². The summed E-state index contributed by atoms with van der Waals surface area (Å²) in [6.07, 6.45) is 1.80. The fourth-order valence-electron chi connectivity index (χ4n) is 2.04. The zero-order valence-electron chi connectivity index (χ0n) is 11.5. The third kappa shape index (κ3) is 2.13. The lowest BCUT2D eigenvalue weighted by molar-refractivity contribution is 0.959. The minimum absolute atomic E-state index is 0.537. The first kappa shape index (κ1) is 12.3. The average molecular weight is 269 g/mol. The first-order valence-corrected chi connectivity index (χ1v) is 6.22. The molecule has 3 aromatic rings. The molecule has 2 aromatic heterocycles. The Hall–Kier alpha value is -2.70. The van der Waals surface area contributed by atoms with E-state index in [0.29, 0.717) is 5.95 Å². The second-order valence-corrected chi connectivity index (χ2v) is 4.72. The summed E-state index contributed by atoms with van der Waals surface area (Å²) >= 11 is 0. The lowest BCUT2D eigenvalue weighted by Crippen LogP contribution is -2.13. The lowest BCUT2D eigenvalue weighted by Gasteiger charge is -2.15. The fraction of sp³-hybridized carbons (Fsp3) is 0.231. The van der Waals surface area contributed by atoms with Gasteiger partial charge in [-0.15, -0.1) is 0 Å². The van der Waals surface area contributed by atoms with Gasteiger partial charge in [0, 0.05) is 25.9 Å². The van der Waals surface area contributed by atoms with Crippen LogP contribution >= 0.6 is 0 Å². The molecule has 1 aromatic carbocycles. The maximum Gasteiger partial charge on any atom is 0.229 e. The molecule has 102 valence electrons. The molecule has 0 fully saturated rings. The van der Waals surface area contributed by atoms with Gasteiger partial charge in [-0.05, 0) is 19.1 Å². The van der Waals surface area contributed by atoms with Crippen LogP contribution in [0, 0.1) is 6.92 Å². The highest BCUT2D eigenvalue weighted by Crippen LogP contribution is 2.23. The van der Waals surface area contributed by atoms with Crippen molar-refractivity contribution in [3.63, 3.8) is 0 Å². The molecule has 0 aliphatic carbocycles. The molecule has 0 amide bonds. The molecule has 2 heterocycles. The average Bonchev–Trinajstić information content (AvgIpc) is 2.90. The third-order valence-corrected chi connectivity index (χ3v) is 2.96. The minimum Gasteiger partial charge on any atom is -0.362 e. The molecule has 7 nitrogen and oxygen atoms in total. The molecule has 2 N–H and O–H groups in total. The van der Waals surface area contributed by atoms with Gasteiger partial charge in [-0.3, -0.25) is 0 Å². The third-order valence-electron chi connectivity index (χ3n) is 2.96. The van der Waals surface area contributed by atoms with Crippen LogP contribution in [0.25, 0.3) is 11.0 Å². The number of aryl methyl sites for hydroxylation is 1. The van der Waals surface area contributed by atoms with Crippen molar-refractivity contribution in [1.29, 1.82) is 0 Å². The quantitative estimate of drug-likeness (QED) is 0.755. The van der Waals surface area contributed by atoms with Crippen LogP contribution < -0.4 is 10.2 Å². The number of aromatic nitrogens is 5. The Labute approximate surface area is 116 Å². The van der Waals surface area contributed by atoms with E-state index in [1.807, 2.05) is 44.1 Å². The predicted molar refractivity (Wildman–Crippen MR) is 78.3 cm³/mol. The van der Waals surface area contributed by atoms with Crippen molar-refractivity contribution in [3.8, 4) is 0 Å². The van der Waals surface area contributed by atoms with Crippen molar-refractivity contribution in [2.24, 2.45) is 0 Å². The van der Waals surface area contributed by atoms with Crippen molar-refractivity contribution in [1.82, 2.24) is 25.4 Å². The van der Waals surface area contributed by atoms with E-state index >= 15 is 0 Å². The summed E-state index contributed by atoms with van der Waals surface area (Å²) in [5, 5.41) is 14.0. The lowest BCUT2D eigenvalue weighted by atomic mass is 10.2. The molecule has 0 radical (unpaired) electrons. The van der Waals surface area contributed by atoms with E-state index < -0.39 is 0 Å². The smallest absolute Gasteiger partial charge is 0.229 e. The van der Waals surface area contributed by atoms with Gasteiger partial charge in [0.25, 0.3) is 0 Å². The molecule has 0 unspecified atom stereocenters. The maximum atomic E-state index is 4.50. The van der Waals surface area contributed by atoms with E-state index in [1.54, 1.807) is 6.20 Å². The van der Waals surface area contributed by atoms with E-state index in [1.165, 1.54) is 0 Å². The second-order valence-electron chi connectivity index (χ2n) is 4.72. The fourth-order valence-corrected chi connectivity index (χ4v) is 2.04. The van der Waals surface area contributed by atoms with Crippen LogP contribution in [0.3, 0.4) is 0 Å². The van der Waals surface area contributed by atoms with Crippen molar-refractivity contribution in [3.05, 3.63) is 30.0 Å². The van der Waals surface area contributed by atoms with Crippen molar-refractivity contribution < 1.29 is 0 Å². The monoisotopic (exact) mass is 269 g/mol. The summed E-state index contributed by atoms with van der Waals surface area (Å²) in [6, 6.07) is 5.73. The summed E-state index contributed by atoms with van der Waals surface area (Å²) in [6.45, 7) is 1.98. The normalized spacial score (nSPS) is 10.8. The largest absolute Gasteiger partial charge is 0.362 e. The first-order chi connectivity index (χ1) is 9.65. The van der Waals surface area contributed by atoms with Gasteiger partial charge in [-0.1, -0.05) is 6.07 Å². The van der Waals surface area contributed by atoms with Gasteiger partial charge in [0.2, 0.25) is 5.95 Å². The van der Waals surface area contributed by atoms with Gasteiger partial charge in [0.05, 0.1) is 5.69 Å². The Kier molecular flexibility index (Phi) is 2.94. The van der Waals surface area contributed by atoms with Gasteiger partial charge in [-0.2, -0.15) is 20.4 Å². The Morgan fingerprint density at radius 2 is 2.05 bits per heavy atom. The number of para-hydroxylation sites is 1. The Balaban J connectivity index is 1.99. The molecule has 3 rings (SSSR count). The summed E-state index contributed by atoms with van der Waals surface area (Å²) in [4.78, 5) is 10.8. The van der Waals surface area contributed by atoms with E-state index in [2.05, 4.69) is 30.7 Å². The number of nitrogens with zero attached hydrogens (tertiary/aromatic N) is 5. The molecule has 0 atom stereocenters. The standard InChI is InChI=1S/C13H15N7/c1-8-7-14-13(16-12(8)20(2)3)15-9-5-4-6-10-11(9)18-19-17-10/h4-7H,1-3H3,(H,14,15,16)(H,17,18,19). The Bertz CT molecular complexity index is 747. The van der Waals surface area contributed by atoms with Crippen molar-refractivity contribution in [2.75, 3.05) is 24.3 Å². The van der Waals surface area contributed by atoms with Crippen LogP contribution in [0.4, 0.5) is 17.5 Å². The van der Waals surface area contributed by atoms with Crippen LogP contribution in [0.5, 0.6) is 0 Å². The van der Waals surface area contributed by atoms with Crippen LogP contribution in [0.1, 0.15) is 5.56 Å². The SMILES string of the molecule is Cc1cnc(Nc2cccc3n[nH]nc23)nc1N(C)C. The molecular weight excluding hydrogens is 254 g/mol.